The van der Waals surface area contributed by atoms with E-state index in [0.29, 0.717) is 24.4 Å². The van der Waals surface area contributed by atoms with E-state index >= 15 is 0 Å². The van der Waals surface area contributed by atoms with Gasteiger partial charge >= 0.3 is 0 Å². The fourth-order valence-electron chi connectivity index (χ4n) is 2.88. The molecule has 116 valence electrons. The predicted octanol–water partition coefficient (Wildman–Crippen LogP) is 1.89. The monoisotopic (exact) mass is 301 g/mol. The first-order chi connectivity index (χ1) is 10.6. The van der Waals surface area contributed by atoms with E-state index in [0.717, 1.165) is 24.8 Å². The van der Waals surface area contributed by atoms with Gasteiger partial charge in [-0.2, -0.15) is 5.21 Å². The number of tetrazole rings is 1. The lowest BCUT2D eigenvalue weighted by atomic mass is 9.82. The molecule has 1 heterocycles. The molecule has 0 spiro atoms. The van der Waals surface area contributed by atoms with Crippen molar-refractivity contribution in [3.63, 3.8) is 0 Å². The zero-order chi connectivity index (χ0) is 15.4. The van der Waals surface area contributed by atoms with Gasteiger partial charge in [-0.05, 0) is 42.3 Å². The summed E-state index contributed by atoms with van der Waals surface area (Å²) >= 11 is 0. The Morgan fingerprint density at radius 3 is 2.59 bits per heavy atom. The average Bonchev–Trinajstić information content (AvgIpc) is 3.02. The molecule has 0 bridgehead atoms. The fourth-order valence-corrected chi connectivity index (χ4v) is 2.88. The Kier molecular flexibility index (Phi) is 4.15. The number of anilines is 1. The maximum absolute atomic E-state index is 12.1. The molecule has 1 aromatic heterocycles. The van der Waals surface area contributed by atoms with Crippen LogP contribution in [0.25, 0.3) is 11.4 Å². The molecule has 7 nitrogen and oxygen atoms in total. The normalized spacial score (nSPS) is 17.1. The molecule has 0 radical (unpaired) electrons. The standard InChI is InChI=1S/C15H19N5O2/c21-13(10-15(22)8-2-1-3-9-15)16-12-6-4-11(5-7-12)14-17-19-20-18-14/h4-7,22H,1-3,8-10H2,(H,16,21)(H,17,18,19,20). The molecular formula is C15H19N5O2. The van der Waals surface area contributed by atoms with E-state index < -0.39 is 5.60 Å². The average molecular weight is 301 g/mol. The first kappa shape index (κ1) is 14.6. The number of rotatable bonds is 4. The Hall–Kier alpha value is -2.28. The summed E-state index contributed by atoms with van der Waals surface area (Å²) in [5.74, 6) is 0.353. The summed E-state index contributed by atoms with van der Waals surface area (Å²) in [5.41, 5.74) is 0.668. The third-order valence-corrected chi connectivity index (χ3v) is 4.05. The highest BCUT2D eigenvalue weighted by Crippen LogP contribution is 2.31. The van der Waals surface area contributed by atoms with E-state index in [4.69, 9.17) is 0 Å². The molecule has 1 saturated carbocycles. The molecule has 0 saturated heterocycles. The van der Waals surface area contributed by atoms with Crippen molar-refractivity contribution < 1.29 is 9.90 Å². The highest BCUT2D eigenvalue weighted by Gasteiger charge is 2.31. The molecule has 1 aromatic carbocycles. The number of amides is 1. The maximum Gasteiger partial charge on any atom is 0.227 e. The number of carbonyl (C=O) groups excluding carboxylic acids is 1. The van der Waals surface area contributed by atoms with Crippen LogP contribution in [0.15, 0.2) is 24.3 Å². The van der Waals surface area contributed by atoms with Gasteiger partial charge in [-0.3, -0.25) is 4.79 Å². The predicted molar refractivity (Wildman–Crippen MR) is 80.9 cm³/mol. The van der Waals surface area contributed by atoms with E-state index in [9.17, 15) is 9.90 Å². The number of hydrogen-bond acceptors (Lipinski definition) is 5. The van der Waals surface area contributed by atoms with Crippen molar-refractivity contribution in [1.29, 1.82) is 0 Å². The van der Waals surface area contributed by atoms with Gasteiger partial charge in [0.05, 0.1) is 12.0 Å². The quantitative estimate of drug-likeness (QED) is 0.800. The van der Waals surface area contributed by atoms with Crippen LogP contribution in [0.2, 0.25) is 0 Å². The van der Waals surface area contributed by atoms with Crippen LogP contribution in [0, 0.1) is 0 Å². The number of H-pyrrole nitrogens is 1. The highest BCUT2D eigenvalue weighted by atomic mass is 16.3. The van der Waals surface area contributed by atoms with Gasteiger partial charge in [-0.1, -0.05) is 19.3 Å². The summed E-state index contributed by atoms with van der Waals surface area (Å²) in [5, 5.41) is 26.9. The van der Waals surface area contributed by atoms with Gasteiger partial charge in [-0.15, -0.1) is 10.2 Å². The zero-order valence-electron chi connectivity index (χ0n) is 12.2. The van der Waals surface area contributed by atoms with E-state index in [1.54, 1.807) is 12.1 Å². The van der Waals surface area contributed by atoms with Crippen LogP contribution in [-0.4, -0.2) is 37.2 Å². The number of nitrogens with zero attached hydrogens (tertiary/aromatic N) is 3. The van der Waals surface area contributed by atoms with Crippen LogP contribution in [-0.2, 0) is 4.79 Å². The van der Waals surface area contributed by atoms with Crippen LogP contribution in [0.5, 0.6) is 0 Å². The summed E-state index contributed by atoms with van der Waals surface area (Å²) < 4.78 is 0. The minimum absolute atomic E-state index is 0.152. The summed E-state index contributed by atoms with van der Waals surface area (Å²) in [6.07, 6.45) is 4.68. The Morgan fingerprint density at radius 2 is 1.95 bits per heavy atom. The van der Waals surface area contributed by atoms with Crippen LogP contribution in [0.4, 0.5) is 5.69 Å². The molecule has 22 heavy (non-hydrogen) atoms. The molecule has 1 aliphatic rings. The fraction of sp³-hybridized carbons (Fsp3) is 0.467. The van der Waals surface area contributed by atoms with Crippen molar-refractivity contribution in [2.24, 2.45) is 0 Å². The second-order valence-electron chi connectivity index (χ2n) is 5.82. The third kappa shape index (κ3) is 3.48. The summed E-state index contributed by atoms with van der Waals surface area (Å²) in [6.45, 7) is 0. The lowest BCUT2D eigenvalue weighted by molar-refractivity contribution is -0.122. The number of aliphatic hydroxyl groups is 1. The van der Waals surface area contributed by atoms with Crippen molar-refractivity contribution in [2.45, 2.75) is 44.1 Å². The van der Waals surface area contributed by atoms with Gasteiger partial charge in [-0.25, -0.2) is 0 Å². The molecule has 1 fully saturated rings. The number of carbonyl (C=O) groups is 1. The molecule has 3 N–H and O–H groups in total. The number of aromatic amines is 1. The number of nitrogens with one attached hydrogen (secondary N) is 2. The first-order valence-electron chi connectivity index (χ1n) is 7.51. The van der Waals surface area contributed by atoms with Gasteiger partial charge in [0.1, 0.15) is 0 Å². The Balaban J connectivity index is 1.59. The second kappa shape index (κ2) is 6.23. The summed E-state index contributed by atoms with van der Waals surface area (Å²) in [6, 6.07) is 7.20. The van der Waals surface area contributed by atoms with E-state index in [-0.39, 0.29) is 12.3 Å². The molecule has 0 aliphatic heterocycles. The second-order valence-corrected chi connectivity index (χ2v) is 5.82. The molecule has 1 aliphatic carbocycles. The van der Waals surface area contributed by atoms with Crippen LogP contribution in [0.3, 0.4) is 0 Å². The van der Waals surface area contributed by atoms with Gasteiger partial charge < -0.3 is 10.4 Å². The van der Waals surface area contributed by atoms with Crippen LogP contribution >= 0.6 is 0 Å². The summed E-state index contributed by atoms with van der Waals surface area (Å²) in [7, 11) is 0. The van der Waals surface area contributed by atoms with Crippen LogP contribution < -0.4 is 5.32 Å². The SMILES string of the molecule is O=C(CC1(O)CCCCC1)Nc1ccc(-c2nn[nH]n2)cc1. The molecule has 0 unspecified atom stereocenters. The Labute approximate surface area is 128 Å². The van der Waals surface area contributed by atoms with Crippen LogP contribution in [0.1, 0.15) is 38.5 Å². The number of benzene rings is 1. The molecule has 7 heteroatoms. The van der Waals surface area contributed by atoms with Crippen molar-refractivity contribution in [2.75, 3.05) is 5.32 Å². The Morgan fingerprint density at radius 1 is 1.23 bits per heavy atom. The zero-order valence-corrected chi connectivity index (χ0v) is 12.2. The smallest absolute Gasteiger partial charge is 0.227 e. The maximum atomic E-state index is 12.1. The molecule has 1 amide bonds. The molecule has 0 atom stereocenters. The van der Waals surface area contributed by atoms with E-state index in [2.05, 4.69) is 25.9 Å². The number of hydrogen-bond donors (Lipinski definition) is 3. The topological polar surface area (TPSA) is 104 Å². The summed E-state index contributed by atoms with van der Waals surface area (Å²) in [4.78, 5) is 12.1. The van der Waals surface area contributed by atoms with Gasteiger partial charge in [0, 0.05) is 11.3 Å². The first-order valence-corrected chi connectivity index (χ1v) is 7.51. The highest BCUT2D eigenvalue weighted by molar-refractivity contribution is 5.91. The lowest BCUT2D eigenvalue weighted by Crippen LogP contribution is -2.35. The van der Waals surface area contributed by atoms with Gasteiger partial charge in [0.15, 0.2) is 0 Å². The Bertz CT molecular complexity index is 618. The van der Waals surface area contributed by atoms with Crippen molar-refractivity contribution in [3.8, 4) is 11.4 Å². The van der Waals surface area contributed by atoms with E-state index in [1.807, 2.05) is 12.1 Å². The van der Waals surface area contributed by atoms with Crippen molar-refractivity contribution >= 4 is 11.6 Å². The molecular weight excluding hydrogens is 282 g/mol. The van der Waals surface area contributed by atoms with Crippen molar-refractivity contribution in [3.05, 3.63) is 24.3 Å². The lowest BCUT2D eigenvalue weighted by Gasteiger charge is -2.31. The number of aromatic nitrogens is 4. The minimum Gasteiger partial charge on any atom is -0.389 e. The van der Waals surface area contributed by atoms with Crippen molar-refractivity contribution in [1.82, 2.24) is 20.6 Å². The molecule has 2 aromatic rings. The largest absolute Gasteiger partial charge is 0.389 e. The van der Waals surface area contributed by atoms with Gasteiger partial charge in [0.2, 0.25) is 11.7 Å². The third-order valence-electron chi connectivity index (χ3n) is 4.05. The van der Waals surface area contributed by atoms with E-state index in [1.165, 1.54) is 0 Å². The minimum atomic E-state index is -0.840. The molecule has 3 rings (SSSR count). The van der Waals surface area contributed by atoms with Gasteiger partial charge in [0.25, 0.3) is 0 Å².